The first-order chi connectivity index (χ1) is 7.99. The Morgan fingerprint density at radius 1 is 1.59 bits per heavy atom. The summed E-state index contributed by atoms with van der Waals surface area (Å²) in [6, 6.07) is 2.79. The number of hydrogen-bond donors (Lipinski definition) is 1. The number of rotatable bonds is 3. The second kappa shape index (κ2) is 3.98. The number of nitrogens with zero attached hydrogens (tertiary/aromatic N) is 2. The second-order valence-electron chi connectivity index (χ2n) is 3.13. The van der Waals surface area contributed by atoms with Crippen molar-refractivity contribution in [2.45, 2.75) is 6.92 Å². The number of aromatic nitrogens is 1. The minimum atomic E-state index is -1.22. The van der Waals surface area contributed by atoms with Crippen LogP contribution in [0.25, 0.3) is 10.8 Å². The van der Waals surface area contributed by atoms with Gasteiger partial charge in [-0.2, -0.15) is 0 Å². The fourth-order valence-corrected chi connectivity index (χ4v) is 1.99. The molecule has 2 aromatic rings. The molecular formula is C9H6N2O5S. The van der Waals surface area contributed by atoms with Gasteiger partial charge in [-0.3, -0.25) is 10.1 Å². The van der Waals surface area contributed by atoms with E-state index in [4.69, 9.17) is 9.52 Å². The van der Waals surface area contributed by atoms with Gasteiger partial charge in [-0.05, 0) is 13.0 Å². The van der Waals surface area contributed by atoms with E-state index in [1.165, 1.54) is 19.1 Å². The van der Waals surface area contributed by atoms with E-state index in [1.54, 1.807) is 0 Å². The van der Waals surface area contributed by atoms with E-state index >= 15 is 0 Å². The summed E-state index contributed by atoms with van der Waals surface area (Å²) in [5, 5.41) is 19.2. The van der Waals surface area contributed by atoms with Crippen LogP contribution in [-0.2, 0) is 0 Å². The number of thiophene rings is 1. The van der Waals surface area contributed by atoms with Crippen LogP contribution in [0.5, 0.6) is 0 Å². The van der Waals surface area contributed by atoms with Crippen LogP contribution in [-0.4, -0.2) is 21.0 Å². The summed E-state index contributed by atoms with van der Waals surface area (Å²) in [6.07, 6.45) is 0. The third-order valence-corrected chi connectivity index (χ3v) is 3.00. The van der Waals surface area contributed by atoms with Crippen LogP contribution in [0.4, 0.5) is 5.00 Å². The van der Waals surface area contributed by atoms with E-state index in [9.17, 15) is 14.9 Å². The van der Waals surface area contributed by atoms with E-state index < -0.39 is 10.9 Å². The SMILES string of the molecule is Cc1nc(-c2ccc([N+](=O)[O-])s2)oc1C(=O)O. The zero-order valence-electron chi connectivity index (χ0n) is 8.54. The lowest BCUT2D eigenvalue weighted by Crippen LogP contribution is -1.95. The van der Waals surface area contributed by atoms with Gasteiger partial charge in [0.05, 0.1) is 15.5 Å². The summed E-state index contributed by atoms with van der Waals surface area (Å²) >= 11 is 0.880. The van der Waals surface area contributed by atoms with Gasteiger partial charge >= 0.3 is 11.0 Å². The summed E-state index contributed by atoms with van der Waals surface area (Å²) in [5.41, 5.74) is 0.239. The topological polar surface area (TPSA) is 106 Å². The number of carbonyl (C=O) groups is 1. The van der Waals surface area contributed by atoms with Crippen LogP contribution in [0.3, 0.4) is 0 Å². The highest BCUT2D eigenvalue weighted by molar-refractivity contribution is 7.18. The third-order valence-electron chi connectivity index (χ3n) is 1.97. The molecule has 0 fully saturated rings. The lowest BCUT2D eigenvalue weighted by Gasteiger charge is -1.86. The zero-order valence-corrected chi connectivity index (χ0v) is 9.35. The van der Waals surface area contributed by atoms with Crippen LogP contribution in [0.1, 0.15) is 16.2 Å². The minimum Gasteiger partial charge on any atom is -0.475 e. The fourth-order valence-electron chi connectivity index (χ4n) is 1.24. The standard InChI is InChI=1S/C9H6N2O5S/c1-4-7(9(12)13)16-8(10-4)5-2-3-6(17-5)11(14)15/h2-3H,1H3,(H,12,13). The Kier molecular flexibility index (Phi) is 2.64. The van der Waals surface area contributed by atoms with Crippen molar-refractivity contribution in [1.29, 1.82) is 0 Å². The molecule has 17 heavy (non-hydrogen) atoms. The van der Waals surface area contributed by atoms with Crippen molar-refractivity contribution in [3.8, 4) is 10.8 Å². The highest BCUT2D eigenvalue weighted by atomic mass is 32.1. The monoisotopic (exact) mass is 254 g/mol. The molecule has 0 spiro atoms. The number of hydrogen-bond acceptors (Lipinski definition) is 6. The van der Waals surface area contributed by atoms with Crippen molar-refractivity contribution in [2.24, 2.45) is 0 Å². The molecule has 0 saturated heterocycles. The van der Waals surface area contributed by atoms with Gasteiger partial charge in [0.1, 0.15) is 0 Å². The second-order valence-corrected chi connectivity index (χ2v) is 4.20. The van der Waals surface area contributed by atoms with Crippen molar-refractivity contribution in [3.05, 3.63) is 33.7 Å². The molecule has 0 aliphatic rings. The molecule has 8 heteroatoms. The van der Waals surface area contributed by atoms with Crippen LogP contribution in [0.15, 0.2) is 16.5 Å². The molecule has 0 aromatic carbocycles. The first-order valence-corrected chi connectivity index (χ1v) is 5.26. The highest BCUT2D eigenvalue weighted by Gasteiger charge is 2.20. The highest BCUT2D eigenvalue weighted by Crippen LogP contribution is 2.32. The van der Waals surface area contributed by atoms with E-state index in [0.717, 1.165) is 11.3 Å². The Bertz CT molecular complexity index is 600. The van der Waals surface area contributed by atoms with E-state index in [1.807, 2.05) is 0 Å². The molecule has 88 valence electrons. The van der Waals surface area contributed by atoms with Gasteiger partial charge in [0.25, 0.3) is 0 Å². The molecule has 2 aromatic heterocycles. The Labute approximate surface area is 98.5 Å². The maximum Gasteiger partial charge on any atom is 0.373 e. The average molecular weight is 254 g/mol. The maximum absolute atomic E-state index is 10.7. The number of carboxylic acids is 1. The van der Waals surface area contributed by atoms with Crippen molar-refractivity contribution in [2.75, 3.05) is 0 Å². The van der Waals surface area contributed by atoms with E-state index in [0.29, 0.717) is 4.88 Å². The van der Waals surface area contributed by atoms with E-state index in [-0.39, 0.29) is 22.3 Å². The molecular weight excluding hydrogens is 248 g/mol. The zero-order chi connectivity index (χ0) is 12.6. The molecule has 2 rings (SSSR count). The Morgan fingerprint density at radius 2 is 2.29 bits per heavy atom. The van der Waals surface area contributed by atoms with Gasteiger partial charge in [-0.15, -0.1) is 0 Å². The largest absolute Gasteiger partial charge is 0.475 e. The van der Waals surface area contributed by atoms with Gasteiger partial charge in [0.2, 0.25) is 11.7 Å². The number of aromatic carboxylic acids is 1. The molecule has 0 aliphatic carbocycles. The summed E-state index contributed by atoms with van der Waals surface area (Å²) < 4.78 is 5.03. The van der Waals surface area contributed by atoms with E-state index in [2.05, 4.69) is 4.98 Å². The van der Waals surface area contributed by atoms with Crippen LogP contribution >= 0.6 is 11.3 Å². The number of aryl methyl sites for hydroxylation is 1. The molecule has 0 unspecified atom stereocenters. The Morgan fingerprint density at radius 3 is 2.76 bits per heavy atom. The molecule has 0 bridgehead atoms. The van der Waals surface area contributed by atoms with Crippen molar-refractivity contribution in [3.63, 3.8) is 0 Å². The molecule has 7 nitrogen and oxygen atoms in total. The maximum atomic E-state index is 10.7. The molecule has 1 N–H and O–H groups in total. The van der Waals surface area contributed by atoms with Crippen molar-refractivity contribution >= 4 is 22.3 Å². The smallest absolute Gasteiger partial charge is 0.373 e. The number of nitro groups is 1. The Balaban J connectivity index is 2.42. The molecule has 0 radical (unpaired) electrons. The normalized spacial score (nSPS) is 10.4. The van der Waals surface area contributed by atoms with Crippen LogP contribution < -0.4 is 0 Å². The Hall–Kier alpha value is -2.22. The minimum absolute atomic E-state index is 0.0484. The van der Waals surface area contributed by atoms with Gasteiger partial charge in [0, 0.05) is 6.07 Å². The first-order valence-electron chi connectivity index (χ1n) is 4.44. The average Bonchev–Trinajstić information content (AvgIpc) is 2.82. The lowest BCUT2D eigenvalue weighted by molar-refractivity contribution is -0.380. The van der Waals surface area contributed by atoms with Crippen molar-refractivity contribution in [1.82, 2.24) is 4.98 Å². The number of carboxylic acid groups (broad SMARTS) is 1. The predicted octanol–water partition coefficient (Wildman–Crippen LogP) is 2.32. The van der Waals surface area contributed by atoms with Gasteiger partial charge in [-0.1, -0.05) is 11.3 Å². The molecule has 0 amide bonds. The van der Waals surface area contributed by atoms with Gasteiger partial charge in [0.15, 0.2) is 0 Å². The first kappa shape index (κ1) is 11.3. The quantitative estimate of drug-likeness (QED) is 0.665. The number of oxazole rings is 1. The van der Waals surface area contributed by atoms with Crippen molar-refractivity contribution < 1.29 is 19.2 Å². The van der Waals surface area contributed by atoms with Gasteiger partial charge < -0.3 is 9.52 Å². The molecule has 0 aliphatic heterocycles. The summed E-state index contributed by atoms with van der Waals surface area (Å²) in [4.78, 5) is 25.1. The van der Waals surface area contributed by atoms with Crippen LogP contribution in [0, 0.1) is 17.0 Å². The predicted molar refractivity (Wildman–Crippen MR) is 58.2 cm³/mol. The molecule has 0 atom stereocenters. The van der Waals surface area contributed by atoms with Crippen LogP contribution in [0.2, 0.25) is 0 Å². The molecule has 2 heterocycles. The summed E-state index contributed by atoms with van der Waals surface area (Å²) in [6.45, 7) is 1.50. The lowest BCUT2D eigenvalue weighted by atomic mass is 10.4. The van der Waals surface area contributed by atoms with Gasteiger partial charge in [-0.25, -0.2) is 9.78 Å². The fraction of sp³-hybridized carbons (Fsp3) is 0.111. The summed E-state index contributed by atoms with van der Waals surface area (Å²) in [5.74, 6) is -1.39. The third kappa shape index (κ3) is 2.02. The summed E-state index contributed by atoms with van der Waals surface area (Å²) in [7, 11) is 0. The molecule has 0 saturated carbocycles.